The minimum Gasteiger partial charge on any atom is -0.489 e. The zero-order valence-corrected chi connectivity index (χ0v) is 13.7. The van der Waals surface area contributed by atoms with Gasteiger partial charge in [0.25, 0.3) is 5.91 Å². The number of para-hydroxylation sites is 3. The summed E-state index contributed by atoms with van der Waals surface area (Å²) in [6, 6.07) is 15.7. The molecule has 7 heteroatoms. The van der Waals surface area contributed by atoms with Crippen LogP contribution >= 0.6 is 0 Å². The summed E-state index contributed by atoms with van der Waals surface area (Å²) in [5.74, 6) is -0.741. The minimum absolute atomic E-state index is 0.0934. The molecule has 0 heterocycles. The SMILES string of the molecule is CC(=O)/C(=N/Nc1ccccc1)C(=O)Nc1ccccc1OCCO. The molecule has 0 atom stereocenters. The summed E-state index contributed by atoms with van der Waals surface area (Å²) in [6.45, 7) is 1.21. The van der Waals surface area contributed by atoms with Crippen LogP contribution in [0, 0.1) is 0 Å². The van der Waals surface area contributed by atoms with Crippen molar-refractivity contribution in [3.63, 3.8) is 0 Å². The summed E-state index contributed by atoms with van der Waals surface area (Å²) in [6.07, 6.45) is 0. The van der Waals surface area contributed by atoms with E-state index < -0.39 is 11.7 Å². The number of nitrogens with zero attached hydrogens (tertiary/aromatic N) is 1. The van der Waals surface area contributed by atoms with E-state index in [1.807, 2.05) is 6.07 Å². The fourth-order valence-electron chi connectivity index (χ4n) is 1.96. The Morgan fingerprint density at radius 3 is 2.44 bits per heavy atom. The van der Waals surface area contributed by atoms with Crippen molar-refractivity contribution < 1.29 is 19.4 Å². The Kier molecular flexibility index (Phi) is 6.67. The van der Waals surface area contributed by atoms with E-state index in [9.17, 15) is 9.59 Å². The van der Waals surface area contributed by atoms with E-state index in [1.54, 1.807) is 48.5 Å². The molecule has 0 aliphatic heterocycles. The third-order valence-electron chi connectivity index (χ3n) is 3.10. The molecule has 0 fully saturated rings. The third-order valence-corrected chi connectivity index (χ3v) is 3.10. The van der Waals surface area contributed by atoms with Crippen molar-refractivity contribution in [1.82, 2.24) is 0 Å². The number of benzene rings is 2. The number of carbonyl (C=O) groups is 2. The molecule has 0 saturated carbocycles. The number of aliphatic hydroxyl groups excluding tert-OH is 1. The maximum Gasteiger partial charge on any atom is 0.279 e. The number of hydrazone groups is 1. The highest BCUT2D eigenvalue weighted by Crippen LogP contribution is 2.23. The van der Waals surface area contributed by atoms with Crippen LogP contribution in [-0.4, -0.2) is 35.7 Å². The first-order valence-corrected chi connectivity index (χ1v) is 7.65. The van der Waals surface area contributed by atoms with Gasteiger partial charge in [0.05, 0.1) is 18.0 Å². The topological polar surface area (TPSA) is 100 Å². The van der Waals surface area contributed by atoms with Crippen LogP contribution in [0.4, 0.5) is 11.4 Å². The van der Waals surface area contributed by atoms with Crippen molar-refractivity contribution in [3.05, 3.63) is 54.6 Å². The molecule has 2 rings (SSSR count). The van der Waals surface area contributed by atoms with Crippen LogP contribution in [0.25, 0.3) is 0 Å². The number of hydrogen-bond donors (Lipinski definition) is 3. The summed E-state index contributed by atoms with van der Waals surface area (Å²) in [7, 11) is 0. The molecule has 0 bridgehead atoms. The number of hydrogen-bond acceptors (Lipinski definition) is 6. The fourth-order valence-corrected chi connectivity index (χ4v) is 1.96. The second-order valence-electron chi connectivity index (χ2n) is 5.02. The predicted octanol–water partition coefficient (Wildman–Crippen LogP) is 2.05. The zero-order chi connectivity index (χ0) is 18.1. The fraction of sp³-hybridized carbons (Fsp3) is 0.167. The van der Waals surface area contributed by atoms with E-state index in [0.717, 1.165) is 0 Å². The molecule has 0 unspecified atom stereocenters. The first-order valence-electron chi connectivity index (χ1n) is 7.65. The Balaban J connectivity index is 2.14. The molecule has 7 nitrogen and oxygen atoms in total. The van der Waals surface area contributed by atoms with Gasteiger partial charge in [-0.2, -0.15) is 5.10 Å². The lowest BCUT2D eigenvalue weighted by molar-refractivity contribution is -0.114. The zero-order valence-electron chi connectivity index (χ0n) is 13.7. The van der Waals surface area contributed by atoms with Crippen LogP contribution in [0.3, 0.4) is 0 Å². The predicted molar refractivity (Wildman–Crippen MR) is 95.8 cm³/mol. The monoisotopic (exact) mass is 341 g/mol. The summed E-state index contributed by atoms with van der Waals surface area (Å²) in [5, 5.41) is 15.4. The summed E-state index contributed by atoms with van der Waals surface area (Å²) in [4.78, 5) is 24.2. The van der Waals surface area contributed by atoms with E-state index in [2.05, 4.69) is 15.8 Å². The summed E-state index contributed by atoms with van der Waals surface area (Å²) < 4.78 is 5.35. The first-order chi connectivity index (χ1) is 12.1. The molecule has 1 amide bonds. The standard InChI is InChI=1S/C18H19N3O4/c1-13(23)17(21-20-14-7-3-2-4-8-14)18(24)19-15-9-5-6-10-16(15)25-12-11-22/h2-10,20,22H,11-12H2,1H3,(H,19,24)/b21-17-. The number of nitrogens with one attached hydrogen (secondary N) is 2. The molecule has 130 valence electrons. The lowest BCUT2D eigenvalue weighted by atomic mass is 10.2. The molecule has 0 aliphatic carbocycles. The number of rotatable bonds is 8. The van der Waals surface area contributed by atoms with E-state index in [1.165, 1.54) is 6.92 Å². The van der Waals surface area contributed by atoms with Crippen molar-refractivity contribution >= 4 is 28.8 Å². The maximum atomic E-state index is 12.4. The van der Waals surface area contributed by atoms with Crippen molar-refractivity contribution in [3.8, 4) is 5.75 Å². The van der Waals surface area contributed by atoms with Gasteiger partial charge < -0.3 is 15.2 Å². The average Bonchev–Trinajstić information content (AvgIpc) is 2.62. The van der Waals surface area contributed by atoms with Gasteiger partial charge in [-0.3, -0.25) is 15.0 Å². The van der Waals surface area contributed by atoms with Crippen LogP contribution in [0.5, 0.6) is 5.75 Å². The molecular weight excluding hydrogens is 322 g/mol. The molecule has 0 saturated heterocycles. The molecule has 0 radical (unpaired) electrons. The van der Waals surface area contributed by atoms with Gasteiger partial charge >= 0.3 is 0 Å². The van der Waals surface area contributed by atoms with Gasteiger partial charge in [0.2, 0.25) is 0 Å². The molecule has 0 aliphatic rings. The number of carbonyl (C=O) groups excluding carboxylic acids is 2. The van der Waals surface area contributed by atoms with E-state index in [4.69, 9.17) is 9.84 Å². The normalized spacial score (nSPS) is 10.9. The number of amides is 1. The van der Waals surface area contributed by atoms with Gasteiger partial charge in [-0.25, -0.2) is 0 Å². The Bertz CT molecular complexity index is 760. The molecule has 2 aromatic rings. The number of anilines is 2. The minimum atomic E-state index is -0.657. The summed E-state index contributed by atoms with van der Waals surface area (Å²) >= 11 is 0. The van der Waals surface area contributed by atoms with Crippen LogP contribution in [-0.2, 0) is 9.59 Å². The number of aliphatic hydroxyl groups is 1. The van der Waals surface area contributed by atoms with Crippen molar-refractivity contribution in [1.29, 1.82) is 0 Å². The van der Waals surface area contributed by atoms with E-state index in [0.29, 0.717) is 17.1 Å². The summed E-state index contributed by atoms with van der Waals surface area (Å²) in [5.41, 5.74) is 3.46. The molecule has 3 N–H and O–H groups in total. The molecule has 2 aromatic carbocycles. The van der Waals surface area contributed by atoms with Gasteiger partial charge in [-0.05, 0) is 24.3 Å². The van der Waals surface area contributed by atoms with Crippen LogP contribution in [0.15, 0.2) is 59.7 Å². The Labute approximate surface area is 145 Å². The van der Waals surface area contributed by atoms with Crippen LogP contribution < -0.4 is 15.5 Å². The maximum absolute atomic E-state index is 12.4. The highest BCUT2D eigenvalue weighted by atomic mass is 16.5. The second-order valence-corrected chi connectivity index (χ2v) is 5.02. The van der Waals surface area contributed by atoms with Gasteiger partial charge in [0, 0.05) is 6.92 Å². The van der Waals surface area contributed by atoms with Crippen LogP contribution in [0.1, 0.15) is 6.92 Å². The molecule has 25 heavy (non-hydrogen) atoms. The van der Waals surface area contributed by atoms with Crippen molar-refractivity contribution in [2.45, 2.75) is 6.92 Å². The van der Waals surface area contributed by atoms with Gasteiger partial charge in [0.1, 0.15) is 12.4 Å². The first kappa shape index (κ1) is 18.2. The van der Waals surface area contributed by atoms with Crippen LogP contribution in [0.2, 0.25) is 0 Å². The molecular formula is C18H19N3O4. The number of Topliss-reactive ketones (excluding diaryl/α,β-unsaturated/α-hetero) is 1. The van der Waals surface area contributed by atoms with Crippen molar-refractivity contribution in [2.24, 2.45) is 5.10 Å². The van der Waals surface area contributed by atoms with E-state index in [-0.39, 0.29) is 18.9 Å². The number of ketones is 1. The quantitative estimate of drug-likeness (QED) is 0.388. The lowest BCUT2D eigenvalue weighted by Crippen LogP contribution is -2.29. The Morgan fingerprint density at radius 1 is 1.08 bits per heavy atom. The smallest absolute Gasteiger partial charge is 0.279 e. The molecule has 0 aromatic heterocycles. The largest absolute Gasteiger partial charge is 0.489 e. The highest BCUT2D eigenvalue weighted by molar-refractivity contribution is 6.67. The van der Waals surface area contributed by atoms with Gasteiger partial charge in [-0.15, -0.1) is 0 Å². The molecule has 0 spiro atoms. The van der Waals surface area contributed by atoms with Crippen molar-refractivity contribution in [2.75, 3.05) is 24.0 Å². The third kappa shape index (κ3) is 5.43. The lowest BCUT2D eigenvalue weighted by Gasteiger charge is -2.12. The Hall–Kier alpha value is -3.19. The Morgan fingerprint density at radius 2 is 1.76 bits per heavy atom. The van der Waals surface area contributed by atoms with E-state index >= 15 is 0 Å². The highest BCUT2D eigenvalue weighted by Gasteiger charge is 2.18. The second kappa shape index (κ2) is 9.19. The number of ether oxygens (including phenoxy) is 1. The average molecular weight is 341 g/mol. The van der Waals surface area contributed by atoms with Gasteiger partial charge in [-0.1, -0.05) is 30.3 Å². The van der Waals surface area contributed by atoms with Gasteiger partial charge in [0.15, 0.2) is 11.5 Å².